The Morgan fingerprint density at radius 1 is 1.86 bits per heavy atom. The van der Waals surface area contributed by atoms with Gasteiger partial charge in [0.2, 0.25) is 0 Å². The number of carbonyl (C=O) groups is 1. The fourth-order valence-corrected chi connectivity index (χ4v) is 2.24. The van der Waals surface area contributed by atoms with Crippen molar-refractivity contribution in [2.45, 2.75) is 38.6 Å². The average Bonchev–Trinajstić information content (AvgIpc) is 2.81. The third-order valence-corrected chi connectivity index (χ3v) is 3.37. The molecule has 1 aliphatic rings. The van der Waals surface area contributed by atoms with E-state index in [1.165, 1.54) is 0 Å². The summed E-state index contributed by atoms with van der Waals surface area (Å²) >= 11 is 0. The van der Waals surface area contributed by atoms with E-state index in [0.29, 0.717) is 0 Å². The molecular weight excluding hydrogens is 178 g/mol. The maximum atomic E-state index is 10.8. The summed E-state index contributed by atoms with van der Waals surface area (Å²) in [4.78, 5) is 10.8. The number of rotatable bonds is 6. The third-order valence-electron chi connectivity index (χ3n) is 3.37. The van der Waals surface area contributed by atoms with E-state index in [2.05, 4.69) is 6.58 Å². The number of hydrogen-bond acceptors (Lipinski definition) is 2. The van der Waals surface area contributed by atoms with Crippen LogP contribution >= 0.6 is 0 Å². The van der Waals surface area contributed by atoms with Crippen molar-refractivity contribution < 1.29 is 9.90 Å². The van der Waals surface area contributed by atoms with Gasteiger partial charge in [0.15, 0.2) is 0 Å². The molecule has 0 aromatic rings. The molecule has 3 atom stereocenters. The molecule has 0 aromatic heterocycles. The van der Waals surface area contributed by atoms with Gasteiger partial charge >= 0.3 is 5.97 Å². The highest BCUT2D eigenvalue weighted by molar-refractivity contribution is 5.75. The van der Waals surface area contributed by atoms with Crippen LogP contribution in [-0.4, -0.2) is 17.1 Å². The van der Waals surface area contributed by atoms with Crippen molar-refractivity contribution in [2.75, 3.05) is 0 Å². The molecule has 0 spiro atoms. The molecule has 0 aliphatic heterocycles. The van der Waals surface area contributed by atoms with Crippen LogP contribution < -0.4 is 5.73 Å². The second kappa shape index (κ2) is 4.13. The Morgan fingerprint density at radius 3 is 2.86 bits per heavy atom. The van der Waals surface area contributed by atoms with E-state index in [1.807, 2.05) is 13.0 Å². The van der Waals surface area contributed by atoms with Crippen molar-refractivity contribution in [2.24, 2.45) is 17.1 Å². The highest BCUT2D eigenvalue weighted by Gasteiger charge is 2.59. The summed E-state index contributed by atoms with van der Waals surface area (Å²) in [6.07, 6.45) is 5.47. The summed E-state index contributed by atoms with van der Waals surface area (Å²) in [5, 5.41) is 8.92. The second-order valence-corrected chi connectivity index (χ2v) is 4.30. The average molecular weight is 197 g/mol. The molecule has 1 aliphatic carbocycles. The summed E-state index contributed by atoms with van der Waals surface area (Å²) in [6, 6.07) is -0.0200. The van der Waals surface area contributed by atoms with E-state index < -0.39 is 5.97 Å². The fraction of sp³-hybridized carbons (Fsp3) is 0.727. The van der Waals surface area contributed by atoms with Crippen LogP contribution in [0.2, 0.25) is 0 Å². The Morgan fingerprint density at radius 2 is 2.50 bits per heavy atom. The van der Waals surface area contributed by atoms with Crippen LogP contribution in [0.3, 0.4) is 0 Å². The Labute approximate surface area is 85.0 Å². The number of hydrogen-bond donors (Lipinski definition) is 2. The van der Waals surface area contributed by atoms with Gasteiger partial charge in [-0.25, -0.2) is 0 Å². The summed E-state index contributed by atoms with van der Waals surface area (Å²) < 4.78 is 0. The maximum absolute atomic E-state index is 10.8. The van der Waals surface area contributed by atoms with Gasteiger partial charge in [-0.3, -0.25) is 4.79 Å². The molecule has 3 nitrogen and oxygen atoms in total. The predicted molar refractivity (Wildman–Crippen MR) is 55.9 cm³/mol. The van der Waals surface area contributed by atoms with E-state index in [1.54, 1.807) is 0 Å². The van der Waals surface area contributed by atoms with E-state index in [9.17, 15) is 4.79 Å². The lowest BCUT2D eigenvalue weighted by molar-refractivity contribution is -0.139. The van der Waals surface area contributed by atoms with Gasteiger partial charge in [-0.05, 0) is 38.0 Å². The van der Waals surface area contributed by atoms with Crippen LogP contribution in [0.15, 0.2) is 12.7 Å². The highest BCUT2D eigenvalue weighted by atomic mass is 16.4. The topological polar surface area (TPSA) is 63.3 Å². The van der Waals surface area contributed by atoms with Crippen LogP contribution in [0.25, 0.3) is 0 Å². The van der Waals surface area contributed by atoms with Crippen LogP contribution in [-0.2, 0) is 4.79 Å². The minimum absolute atomic E-state index is 0.0200. The van der Waals surface area contributed by atoms with Crippen LogP contribution in [0.5, 0.6) is 0 Å². The molecule has 3 unspecified atom stereocenters. The normalized spacial score (nSPS) is 32.3. The SMILES string of the molecule is C=CCCCC1(C(C)N)CC1C(=O)O. The van der Waals surface area contributed by atoms with Crippen molar-refractivity contribution in [3.8, 4) is 0 Å². The molecule has 14 heavy (non-hydrogen) atoms. The van der Waals surface area contributed by atoms with Crippen molar-refractivity contribution in [1.29, 1.82) is 0 Å². The van der Waals surface area contributed by atoms with E-state index in [-0.39, 0.29) is 17.4 Å². The van der Waals surface area contributed by atoms with E-state index >= 15 is 0 Å². The molecule has 1 saturated carbocycles. The molecule has 0 amide bonds. The quantitative estimate of drug-likeness (QED) is 0.504. The van der Waals surface area contributed by atoms with Gasteiger partial charge in [0.25, 0.3) is 0 Å². The lowest BCUT2D eigenvalue weighted by atomic mass is 9.89. The molecular formula is C11H19NO2. The van der Waals surface area contributed by atoms with Gasteiger partial charge in [0.05, 0.1) is 5.92 Å². The van der Waals surface area contributed by atoms with E-state index in [4.69, 9.17) is 10.8 Å². The van der Waals surface area contributed by atoms with Crippen LogP contribution in [0, 0.1) is 11.3 Å². The number of aliphatic carboxylic acids is 1. The summed E-state index contributed by atoms with van der Waals surface area (Å²) in [5.41, 5.74) is 5.72. The zero-order valence-electron chi connectivity index (χ0n) is 8.70. The van der Waals surface area contributed by atoms with Gasteiger partial charge in [-0.1, -0.05) is 6.08 Å². The van der Waals surface area contributed by atoms with Gasteiger partial charge < -0.3 is 10.8 Å². The molecule has 1 fully saturated rings. The lowest BCUT2D eigenvalue weighted by Gasteiger charge is -2.20. The molecule has 0 bridgehead atoms. The number of unbranched alkanes of at least 4 members (excludes halogenated alkanes) is 1. The second-order valence-electron chi connectivity index (χ2n) is 4.30. The first-order chi connectivity index (χ1) is 6.54. The fourth-order valence-electron chi connectivity index (χ4n) is 2.24. The molecule has 0 saturated heterocycles. The van der Waals surface area contributed by atoms with Gasteiger partial charge in [-0.15, -0.1) is 6.58 Å². The van der Waals surface area contributed by atoms with Crippen molar-refractivity contribution in [3.05, 3.63) is 12.7 Å². The Bertz CT molecular complexity index is 237. The molecule has 0 radical (unpaired) electrons. The largest absolute Gasteiger partial charge is 0.481 e. The first kappa shape index (κ1) is 11.2. The van der Waals surface area contributed by atoms with E-state index in [0.717, 1.165) is 25.7 Å². The molecule has 0 aromatic carbocycles. The summed E-state index contributed by atoms with van der Waals surface area (Å²) in [6.45, 7) is 5.57. The first-order valence-corrected chi connectivity index (χ1v) is 5.14. The number of carboxylic acids is 1. The van der Waals surface area contributed by atoms with Crippen molar-refractivity contribution in [1.82, 2.24) is 0 Å². The Kier molecular flexibility index (Phi) is 3.32. The maximum Gasteiger partial charge on any atom is 0.307 e. The van der Waals surface area contributed by atoms with Gasteiger partial charge in [0, 0.05) is 6.04 Å². The first-order valence-electron chi connectivity index (χ1n) is 5.14. The van der Waals surface area contributed by atoms with Gasteiger partial charge in [0.1, 0.15) is 0 Å². The number of carboxylic acid groups (broad SMARTS) is 1. The minimum Gasteiger partial charge on any atom is -0.481 e. The highest BCUT2D eigenvalue weighted by Crippen LogP contribution is 2.58. The molecule has 0 heterocycles. The zero-order chi connectivity index (χ0) is 10.8. The minimum atomic E-state index is -0.694. The molecule has 3 N–H and O–H groups in total. The predicted octanol–water partition coefficient (Wildman–Crippen LogP) is 1.78. The Balaban J connectivity index is 2.50. The molecule has 80 valence electrons. The monoisotopic (exact) mass is 197 g/mol. The number of nitrogens with two attached hydrogens (primary N) is 1. The number of allylic oxidation sites excluding steroid dienone is 1. The molecule has 3 heteroatoms. The van der Waals surface area contributed by atoms with Crippen molar-refractivity contribution >= 4 is 5.97 Å². The summed E-state index contributed by atoms with van der Waals surface area (Å²) in [7, 11) is 0. The van der Waals surface area contributed by atoms with Crippen LogP contribution in [0.4, 0.5) is 0 Å². The zero-order valence-corrected chi connectivity index (χ0v) is 8.70. The smallest absolute Gasteiger partial charge is 0.307 e. The summed E-state index contributed by atoms with van der Waals surface area (Å²) in [5.74, 6) is -0.909. The third kappa shape index (κ3) is 1.98. The standard InChI is InChI=1S/C11H19NO2/c1-3-4-5-6-11(8(2)12)7-9(11)10(13)14/h3,8-9H,1,4-7,12H2,2H3,(H,13,14). The Hall–Kier alpha value is -0.830. The van der Waals surface area contributed by atoms with Crippen molar-refractivity contribution in [3.63, 3.8) is 0 Å². The lowest BCUT2D eigenvalue weighted by Crippen LogP contribution is -2.31. The van der Waals surface area contributed by atoms with Crippen LogP contribution in [0.1, 0.15) is 32.6 Å². The molecule has 1 rings (SSSR count). The van der Waals surface area contributed by atoms with Gasteiger partial charge in [-0.2, -0.15) is 0 Å².